The summed E-state index contributed by atoms with van der Waals surface area (Å²) in [6.07, 6.45) is 0. The summed E-state index contributed by atoms with van der Waals surface area (Å²) in [6.45, 7) is 3.72. The number of hydrogen-bond acceptors (Lipinski definition) is 0. The Kier molecular flexibility index (Phi) is 28.1. The van der Waals surface area contributed by atoms with Crippen LogP contribution in [0.5, 0.6) is 0 Å². The van der Waals surface area contributed by atoms with E-state index < -0.39 is 0 Å². The Labute approximate surface area is 109 Å². The van der Waals surface area contributed by atoms with Gasteiger partial charge >= 0.3 is 41.9 Å². The van der Waals surface area contributed by atoms with Crippen LogP contribution >= 0.6 is 0 Å². The van der Waals surface area contributed by atoms with Crippen LogP contribution < -0.4 is 43.7 Å². The number of hydrogen-bond donors (Lipinski definition) is 0. The second-order valence-corrected chi connectivity index (χ2v) is 1.49. The Bertz CT molecular complexity index is 146. The second-order valence-electron chi connectivity index (χ2n) is 1.49. The second kappa shape index (κ2) is 13.6. The topological polar surface area (TPSA) is 0 Å². The molecule has 0 aliphatic heterocycles. The van der Waals surface area contributed by atoms with Crippen molar-refractivity contribution < 1.29 is 43.7 Å². The van der Waals surface area contributed by atoms with Crippen molar-refractivity contribution in [3.63, 3.8) is 0 Å². The van der Waals surface area contributed by atoms with E-state index in [1.54, 1.807) is 0 Å². The summed E-state index contributed by atoms with van der Waals surface area (Å²) in [7, 11) is 0. The monoisotopic (exact) mass is 192 g/mol. The Balaban J connectivity index is -0.0000000612. The fourth-order valence-corrected chi connectivity index (χ4v) is 0.478. The van der Waals surface area contributed by atoms with E-state index in [0.29, 0.717) is 0 Å². The summed E-state index contributed by atoms with van der Waals surface area (Å²) in [6, 6.07) is 9.87. The molecule has 0 saturated heterocycles. The van der Waals surface area contributed by atoms with E-state index in [9.17, 15) is 0 Å². The predicted octanol–water partition coefficient (Wildman–Crippen LogP) is -7.50. The molecule has 0 spiro atoms. The molecular weight excluding hydrogens is 186 g/mol. The van der Waals surface area contributed by atoms with Crippen molar-refractivity contribution in [2.45, 2.75) is 0 Å². The predicted molar refractivity (Wildman–Crippen MR) is 36.7 cm³/mol. The molecule has 0 aromatic heterocycles. The summed E-state index contributed by atoms with van der Waals surface area (Å²) in [5, 5.41) is 0. The molecule has 52 valence electrons. The largest absolute Gasteiger partial charge is 2.00 e. The first kappa shape index (κ1) is 22.7. The van der Waals surface area contributed by atoms with Crippen LogP contribution in [-0.2, 0) is 0 Å². The molecule has 0 aliphatic rings. The third kappa shape index (κ3) is 11.0. The van der Waals surface area contributed by atoms with Gasteiger partial charge in [-0.15, -0.1) is 12.1 Å². The molecule has 0 heterocycles. The van der Waals surface area contributed by atoms with Gasteiger partial charge in [0.15, 0.2) is 0 Å². The van der Waals surface area contributed by atoms with Crippen LogP contribution in [0.15, 0.2) is 30.3 Å². The van der Waals surface area contributed by atoms with Crippen molar-refractivity contribution >= 4 is 23.1 Å². The van der Waals surface area contributed by atoms with Gasteiger partial charge in [0.2, 0.25) is 0 Å². The average Bonchev–Trinajstić information content (AvgIpc) is 1.69. The van der Waals surface area contributed by atoms with Gasteiger partial charge in [-0.25, -0.2) is 0 Å². The van der Waals surface area contributed by atoms with Crippen molar-refractivity contribution in [3.05, 3.63) is 42.8 Å². The molecule has 1 aromatic carbocycles. The summed E-state index contributed by atoms with van der Waals surface area (Å²) in [4.78, 5) is 0. The van der Waals surface area contributed by atoms with Crippen molar-refractivity contribution in [2.75, 3.05) is 0 Å². The fourth-order valence-electron chi connectivity index (χ4n) is 0.478. The van der Waals surface area contributed by atoms with Gasteiger partial charge < -0.3 is 24.8 Å². The first-order valence-corrected chi connectivity index (χ1v) is 2.26. The first-order valence-electron chi connectivity index (χ1n) is 2.26. The van der Waals surface area contributed by atoms with Gasteiger partial charge in [0.1, 0.15) is 0 Å². The van der Waals surface area contributed by atoms with Crippen molar-refractivity contribution in [3.8, 4) is 0 Å². The normalized spacial score (nSPS) is 5.45. The quantitative estimate of drug-likeness (QED) is 0.284. The molecule has 1 rings (SSSR count). The Morgan fingerprint density at radius 2 is 1.27 bits per heavy atom. The number of benzene rings is 1. The van der Waals surface area contributed by atoms with Gasteiger partial charge in [0, 0.05) is 0 Å². The van der Waals surface area contributed by atoms with Gasteiger partial charge in [-0.05, 0) is 0 Å². The molecular formula is C7H7Cl2LiMg. The van der Waals surface area contributed by atoms with Crippen molar-refractivity contribution in [1.82, 2.24) is 0 Å². The number of halogens is 2. The minimum absolute atomic E-state index is 0. The van der Waals surface area contributed by atoms with E-state index in [1.807, 2.05) is 30.3 Å². The third-order valence-corrected chi connectivity index (χ3v) is 0.843. The van der Waals surface area contributed by atoms with Crippen LogP contribution in [0, 0.1) is 6.92 Å². The van der Waals surface area contributed by atoms with E-state index in [0.717, 1.165) is 5.56 Å². The third-order valence-electron chi connectivity index (χ3n) is 0.843. The molecule has 0 saturated carbocycles. The summed E-state index contributed by atoms with van der Waals surface area (Å²) < 4.78 is 0. The van der Waals surface area contributed by atoms with E-state index in [4.69, 9.17) is 0 Å². The van der Waals surface area contributed by atoms with Crippen LogP contribution in [0.3, 0.4) is 0 Å². The van der Waals surface area contributed by atoms with Gasteiger partial charge in [-0.1, -0.05) is 6.07 Å². The summed E-state index contributed by atoms with van der Waals surface area (Å²) in [5.41, 5.74) is 1.07. The molecule has 1 aromatic rings. The average molecular weight is 193 g/mol. The molecule has 0 fully saturated rings. The maximum Gasteiger partial charge on any atom is 2.00 e. The van der Waals surface area contributed by atoms with Crippen LogP contribution in [0.4, 0.5) is 0 Å². The SMILES string of the molecule is [CH2-]c1ccccc1.[Cl-].[Cl-].[Li+].[Mg+2]. The molecule has 0 atom stereocenters. The van der Waals surface area contributed by atoms with E-state index in [2.05, 4.69) is 6.92 Å². The minimum atomic E-state index is 0. The van der Waals surface area contributed by atoms with Gasteiger partial charge in [-0.2, -0.15) is 24.6 Å². The van der Waals surface area contributed by atoms with Crippen LogP contribution in [0.1, 0.15) is 5.56 Å². The molecule has 11 heavy (non-hydrogen) atoms. The molecule has 4 heteroatoms. The van der Waals surface area contributed by atoms with E-state index in [1.165, 1.54) is 0 Å². The zero-order chi connectivity index (χ0) is 5.11. The van der Waals surface area contributed by atoms with Crippen LogP contribution in [0.2, 0.25) is 0 Å². The maximum absolute atomic E-state index is 3.72. The molecule has 0 radical (unpaired) electrons. The molecule has 0 bridgehead atoms. The summed E-state index contributed by atoms with van der Waals surface area (Å²) >= 11 is 0. The van der Waals surface area contributed by atoms with Crippen LogP contribution in [-0.4, -0.2) is 23.1 Å². The Morgan fingerprint density at radius 1 is 0.909 bits per heavy atom. The standard InChI is InChI=1S/C7H7.2ClH.Li.Mg/c1-7-5-3-2-4-6-7;;;;/h2-6H,1H2;2*1H;;/q-1;;;+1;+2/p-2. The Hall–Kier alpha value is 1.03. The van der Waals surface area contributed by atoms with Gasteiger partial charge in [-0.3, -0.25) is 0 Å². The molecule has 0 unspecified atom stereocenters. The maximum atomic E-state index is 3.72. The van der Waals surface area contributed by atoms with E-state index >= 15 is 0 Å². The fraction of sp³-hybridized carbons (Fsp3) is 0. The number of rotatable bonds is 0. The smallest absolute Gasteiger partial charge is 1.00 e. The van der Waals surface area contributed by atoms with Gasteiger partial charge in [0.05, 0.1) is 0 Å². The van der Waals surface area contributed by atoms with Crippen molar-refractivity contribution in [2.24, 2.45) is 0 Å². The zero-order valence-electron chi connectivity index (χ0n) is 6.56. The van der Waals surface area contributed by atoms with Gasteiger partial charge in [0.25, 0.3) is 0 Å². The molecule has 0 aliphatic carbocycles. The van der Waals surface area contributed by atoms with Crippen LogP contribution in [0.25, 0.3) is 0 Å². The molecule has 0 amide bonds. The molecule has 0 nitrogen and oxygen atoms in total. The van der Waals surface area contributed by atoms with E-state index in [-0.39, 0.29) is 66.7 Å². The zero-order valence-corrected chi connectivity index (χ0v) is 9.48. The molecule has 0 N–H and O–H groups in total. The summed E-state index contributed by atoms with van der Waals surface area (Å²) in [5.74, 6) is 0. The Morgan fingerprint density at radius 3 is 1.45 bits per heavy atom. The first-order chi connectivity index (χ1) is 3.39. The minimum Gasteiger partial charge on any atom is -1.00 e. The van der Waals surface area contributed by atoms with Crippen molar-refractivity contribution in [1.29, 1.82) is 0 Å².